The first kappa shape index (κ1) is 18.1. The summed E-state index contributed by atoms with van der Waals surface area (Å²) in [7, 11) is 0. The van der Waals surface area contributed by atoms with Crippen LogP contribution in [0.4, 0.5) is 24.5 Å². The molecule has 23 heavy (non-hydrogen) atoms. The summed E-state index contributed by atoms with van der Waals surface area (Å²) in [6.07, 6.45) is -4.56. The SMILES string of the molecule is FC(F)(F)c1cc(NC(=S)Nc2cc(Cl)ccc2Cl)ccc1Cl. The van der Waals surface area contributed by atoms with Crippen LogP contribution in [0.3, 0.4) is 0 Å². The van der Waals surface area contributed by atoms with Gasteiger partial charge in [0.05, 0.1) is 21.3 Å². The van der Waals surface area contributed by atoms with Gasteiger partial charge in [-0.2, -0.15) is 13.2 Å². The van der Waals surface area contributed by atoms with E-state index in [1.54, 1.807) is 18.2 Å². The quantitative estimate of drug-likeness (QED) is 0.566. The molecule has 9 heteroatoms. The van der Waals surface area contributed by atoms with Gasteiger partial charge in [0, 0.05) is 10.7 Å². The summed E-state index contributed by atoms with van der Waals surface area (Å²) >= 11 is 22.4. The third kappa shape index (κ3) is 4.88. The Kier molecular flexibility index (Phi) is 5.62. The lowest BCUT2D eigenvalue weighted by Gasteiger charge is -2.14. The highest BCUT2D eigenvalue weighted by Gasteiger charge is 2.33. The first-order chi connectivity index (χ1) is 10.7. The van der Waals surface area contributed by atoms with Gasteiger partial charge in [-0.3, -0.25) is 0 Å². The second-order valence-electron chi connectivity index (χ2n) is 4.40. The lowest BCUT2D eigenvalue weighted by Crippen LogP contribution is -2.19. The molecule has 2 aromatic carbocycles. The molecule has 0 radical (unpaired) electrons. The first-order valence-electron chi connectivity index (χ1n) is 6.06. The van der Waals surface area contributed by atoms with Gasteiger partial charge in [-0.15, -0.1) is 0 Å². The largest absolute Gasteiger partial charge is 0.417 e. The van der Waals surface area contributed by atoms with E-state index in [9.17, 15) is 13.2 Å². The third-order valence-corrected chi connectivity index (χ3v) is 3.80. The Balaban J connectivity index is 2.16. The van der Waals surface area contributed by atoms with Crippen molar-refractivity contribution >= 4 is 63.5 Å². The van der Waals surface area contributed by atoms with Crippen molar-refractivity contribution < 1.29 is 13.2 Å². The lowest BCUT2D eigenvalue weighted by molar-refractivity contribution is -0.137. The normalized spacial score (nSPS) is 11.2. The summed E-state index contributed by atoms with van der Waals surface area (Å²) in [4.78, 5) is 0. The summed E-state index contributed by atoms with van der Waals surface area (Å²) in [5, 5.41) is 5.87. The summed E-state index contributed by atoms with van der Waals surface area (Å²) in [6.45, 7) is 0. The van der Waals surface area contributed by atoms with E-state index in [2.05, 4.69) is 10.6 Å². The summed E-state index contributed by atoms with van der Waals surface area (Å²) in [5.41, 5.74) is -0.383. The molecule has 0 aromatic heterocycles. The summed E-state index contributed by atoms with van der Waals surface area (Å²) < 4.78 is 38.5. The molecule has 0 aliphatic rings. The van der Waals surface area contributed by atoms with E-state index >= 15 is 0 Å². The predicted molar refractivity (Wildman–Crippen MR) is 92.8 cm³/mol. The van der Waals surface area contributed by atoms with Crippen molar-refractivity contribution in [3.8, 4) is 0 Å². The monoisotopic (exact) mass is 398 g/mol. The minimum atomic E-state index is -4.56. The van der Waals surface area contributed by atoms with Crippen LogP contribution in [-0.2, 0) is 6.18 Å². The molecule has 2 nitrogen and oxygen atoms in total. The van der Waals surface area contributed by atoms with E-state index in [1.807, 2.05) is 0 Å². The molecule has 0 saturated carbocycles. The zero-order chi connectivity index (χ0) is 17.2. The van der Waals surface area contributed by atoms with Gasteiger partial charge in [0.15, 0.2) is 5.11 Å². The molecule has 0 aliphatic carbocycles. The van der Waals surface area contributed by atoms with Crippen LogP contribution >= 0.6 is 47.0 Å². The Hall–Kier alpha value is -1.21. The highest BCUT2D eigenvalue weighted by atomic mass is 35.5. The summed E-state index contributed by atoms with van der Waals surface area (Å²) in [5.74, 6) is 0. The van der Waals surface area contributed by atoms with E-state index in [0.29, 0.717) is 15.7 Å². The second-order valence-corrected chi connectivity index (χ2v) is 6.05. The fraction of sp³-hybridized carbons (Fsp3) is 0.0714. The van der Waals surface area contributed by atoms with Crippen molar-refractivity contribution in [2.24, 2.45) is 0 Å². The molecule has 0 spiro atoms. The smallest absolute Gasteiger partial charge is 0.332 e. The van der Waals surface area contributed by atoms with Crippen molar-refractivity contribution in [1.82, 2.24) is 0 Å². The van der Waals surface area contributed by atoms with E-state index in [-0.39, 0.29) is 15.8 Å². The van der Waals surface area contributed by atoms with E-state index in [0.717, 1.165) is 12.1 Å². The van der Waals surface area contributed by atoms with Crippen molar-refractivity contribution in [1.29, 1.82) is 0 Å². The third-order valence-electron chi connectivity index (χ3n) is 2.71. The van der Waals surface area contributed by atoms with E-state index in [1.165, 1.54) is 6.07 Å². The minimum absolute atomic E-state index is 0.0598. The van der Waals surface area contributed by atoms with Gasteiger partial charge in [-0.25, -0.2) is 0 Å². The van der Waals surface area contributed by atoms with Gasteiger partial charge in [0.25, 0.3) is 0 Å². The van der Waals surface area contributed by atoms with Crippen LogP contribution in [0.2, 0.25) is 15.1 Å². The predicted octanol–water partition coefficient (Wildman–Crippen LogP) is 6.47. The number of anilines is 2. The molecule has 0 saturated heterocycles. The molecule has 0 heterocycles. The number of hydrogen-bond acceptors (Lipinski definition) is 1. The number of nitrogens with one attached hydrogen (secondary N) is 2. The molecular formula is C14H8Cl3F3N2S. The maximum Gasteiger partial charge on any atom is 0.417 e. The second kappa shape index (κ2) is 7.13. The van der Waals surface area contributed by atoms with Crippen molar-refractivity contribution in [2.75, 3.05) is 10.6 Å². The van der Waals surface area contributed by atoms with Gasteiger partial charge in [0.2, 0.25) is 0 Å². The average Bonchev–Trinajstić information content (AvgIpc) is 2.44. The molecule has 0 unspecified atom stereocenters. The van der Waals surface area contributed by atoms with Crippen LogP contribution in [0.15, 0.2) is 36.4 Å². The van der Waals surface area contributed by atoms with Crippen LogP contribution in [0.1, 0.15) is 5.56 Å². The van der Waals surface area contributed by atoms with Crippen molar-refractivity contribution in [3.63, 3.8) is 0 Å². The molecule has 2 aromatic rings. The number of hydrogen-bond donors (Lipinski definition) is 2. The number of alkyl halides is 3. The van der Waals surface area contributed by atoms with Gasteiger partial charge in [0.1, 0.15) is 0 Å². The highest BCUT2D eigenvalue weighted by molar-refractivity contribution is 7.80. The topological polar surface area (TPSA) is 24.1 Å². The van der Waals surface area contributed by atoms with Crippen LogP contribution in [0.25, 0.3) is 0 Å². The van der Waals surface area contributed by atoms with Gasteiger partial charge >= 0.3 is 6.18 Å². The molecule has 2 N–H and O–H groups in total. The fourth-order valence-electron chi connectivity index (χ4n) is 1.70. The Bertz CT molecular complexity index is 751. The number of benzene rings is 2. The maximum atomic E-state index is 12.8. The Morgan fingerprint density at radius 1 is 0.913 bits per heavy atom. The minimum Gasteiger partial charge on any atom is -0.332 e. The molecular weight excluding hydrogens is 392 g/mol. The maximum absolute atomic E-state index is 12.8. The number of thiocarbonyl (C=S) groups is 1. The van der Waals surface area contributed by atoms with Gasteiger partial charge in [-0.05, 0) is 48.6 Å². The number of halogens is 6. The molecule has 0 bridgehead atoms. The fourth-order valence-corrected chi connectivity index (χ4v) is 2.49. The Labute approximate surface area is 150 Å². The lowest BCUT2D eigenvalue weighted by atomic mass is 10.2. The van der Waals surface area contributed by atoms with Crippen molar-refractivity contribution in [2.45, 2.75) is 6.18 Å². The van der Waals surface area contributed by atoms with Crippen LogP contribution < -0.4 is 10.6 Å². The van der Waals surface area contributed by atoms with Crippen LogP contribution in [0.5, 0.6) is 0 Å². The summed E-state index contributed by atoms with van der Waals surface area (Å²) in [6, 6.07) is 8.10. The van der Waals surface area contributed by atoms with Gasteiger partial charge < -0.3 is 10.6 Å². The molecule has 0 atom stereocenters. The Morgan fingerprint density at radius 2 is 1.57 bits per heavy atom. The van der Waals surface area contributed by atoms with Crippen molar-refractivity contribution in [3.05, 3.63) is 57.0 Å². The highest BCUT2D eigenvalue weighted by Crippen LogP contribution is 2.36. The standard InChI is InChI=1S/C14H8Cl3F3N2S/c15-7-1-3-11(17)12(5-7)22-13(23)21-8-2-4-10(16)9(6-8)14(18,19)20/h1-6H,(H2,21,22,23). The average molecular weight is 400 g/mol. The number of rotatable bonds is 2. The molecule has 0 amide bonds. The molecule has 0 fully saturated rings. The Morgan fingerprint density at radius 3 is 2.22 bits per heavy atom. The zero-order valence-corrected chi connectivity index (χ0v) is 14.2. The van der Waals surface area contributed by atoms with E-state index < -0.39 is 11.7 Å². The molecule has 122 valence electrons. The zero-order valence-electron chi connectivity index (χ0n) is 11.1. The van der Waals surface area contributed by atoms with Crippen LogP contribution in [-0.4, -0.2) is 5.11 Å². The molecule has 2 rings (SSSR count). The van der Waals surface area contributed by atoms with Crippen LogP contribution in [0, 0.1) is 0 Å². The van der Waals surface area contributed by atoms with Gasteiger partial charge in [-0.1, -0.05) is 34.8 Å². The first-order valence-corrected chi connectivity index (χ1v) is 7.61. The van der Waals surface area contributed by atoms with E-state index in [4.69, 9.17) is 47.0 Å². The molecule has 0 aliphatic heterocycles.